The summed E-state index contributed by atoms with van der Waals surface area (Å²) in [5.41, 5.74) is 3.43. The van der Waals surface area contributed by atoms with Gasteiger partial charge in [-0.15, -0.1) is 0 Å². The Morgan fingerprint density at radius 2 is 1.87 bits per heavy atom. The molecule has 1 aromatic heterocycles. The number of esters is 1. The number of aromatic nitrogens is 1. The van der Waals surface area contributed by atoms with Crippen LogP contribution in [0.15, 0.2) is 24.3 Å². The molecule has 1 saturated carbocycles. The van der Waals surface area contributed by atoms with Gasteiger partial charge in [0, 0.05) is 17.1 Å². The summed E-state index contributed by atoms with van der Waals surface area (Å²) < 4.78 is 5.53. The number of rotatable bonds is 4. The van der Waals surface area contributed by atoms with E-state index in [0.717, 1.165) is 67.1 Å². The van der Waals surface area contributed by atoms with Crippen molar-refractivity contribution < 1.29 is 14.3 Å². The zero-order chi connectivity index (χ0) is 21.1. The van der Waals surface area contributed by atoms with Crippen LogP contribution >= 0.6 is 0 Å². The molecule has 160 valence electrons. The number of pyridine rings is 1. The number of hydrogen-bond donors (Lipinski definition) is 1. The number of fused-ring (bicyclic) bond motifs is 2. The predicted molar refractivity (Wildman–Crippen MR) is 117 cm³/mol. The van der Waals surface area contributed by atoms with E-state index in [1.54, 1.807) is 0 Å². The third kappa shape index (κ3) is 4.35. The molecule has 1 aromatic carbocycles. The molecule has 0 aliphatic heterocycles. The number of aryl methyl sites for hydroxylation is 1. The highest BCUT2D eigenvalue weighted by molar-refractivity contribution is 6.05. The van der Waals surface area contributed by atoms with E-state index >= 15 is 0 Å². The third-order valence-electron chi connectivity index (χ3n) is 7.01. The van der Waals surface area contributed by atoms with Crippen LogP contribution in [0.4, 0.5) is 0 Å². The van der Waals surface area contributed by atoms with Crippen molar-refractivity contribution >= 4 is 22.8 Å². The van der Waals surface area contributed by atoms with Gasteiger partial charge in [0.15, 0.2) is 6.61 Å². The van der Waals surface area contributed by atoms with E-state index in [2.05, 4.69) is 19.2 Å². The van der Waals surface area contributed by atoms with Crippen LogP contribution in [0, 0.1) is 11.8 Å². The topological polar surface area (TPSA) is 68.3 Å². The number of nitrogens with one attached hydrogen (secondary N) is 1. The molecule has 0 unspecified atom stereocenters. The van der Waals surface area contributed by atoms with E-state index in [9.17, 15) is 9.59 Å². The van der Waals surface area contributed by atoms with Crippen LogP contribution in [0.25, 0.3) is 10.9 Å². The first-order valence-corrected chi connectivity index (χ1v) is 11.4. The molecule has 5 heteroatoms. The molecule has 3 atom stereocenters. The number of benzene rings is 1. The smallest absolute Gasteiger partial charge is 0.339 e. The van der Waals surface area contributed by atoms with Crippen LogP contribution in [-0.2, 0) is 22.4 Å². The van der Waals surface area contributed by atoms with Crippen LogP contribution in [0.5, 0.6) is 0 Å². The summed E-state index contributed by atoms with van der Waals surface area (Å²) in [5, 5.41) is 3.90. The van der Waals surface area contributed by atoms with Gasteiger partial charge < -0.3 is 10.1 Å². The Morgan fingerprint density at radius 3 is 2.73 bits per heavy atom. The predicted octanol–water partition coefficient (Wildman–Crippen LogP) is 4.60. The van der Waals surface area contributed by atoms with E-state index < -0.39 is 5.97 Å². The van der Waals surface area contributed by atoms with Crippen LogP contribution in [-0.4, -0.2) is 29.5 Å². The second-order valence-electron chi connectivity index (χ2n) is 9.01. The number of carbonyl (C=O) groups excluding carboxylic acids is 2. The maximum Gasteiger partial charge on any atom is 0.339 e. The fraction of sp³-hybridized carbons (Fsp3) is 0.560. The average molecular weight is 409 g/mol. The molecular weight excluding hydrogens is 376 g/mol. The van der Waals surface area contributed by atoms with Crippen molar-refractivity contribution in [3.63, 3.8) is 0 Å². The molecule has 30 heavy (non-hydrogen) atoms. The van der Waals surface area contributed by atoms with Crippen molar-refractivity contribution in [2.75, 3.05) is 6.61 Å². The molecule has 0 spiro atoms. The lowest BCUT2D eigenvalue weighted by atomic mass is 9.78. The molecular formula is C25H32N2O3. The van der Waals surface area contributed by atoms with Gasteiger partial charge in [0.25, 0.3) is 5.91 Å². The van der Waals surface area contributed by atoms with Gasteiger partial charge in [0.05, 0.1) is 11.1 Å². The molecule has 2 aromatic rings. The highest BCUT2D eigenvalue weighted by Crippen LogP contribution is 2.30. The number of ether oxygens (including phenoxy) is 1. The quantitative estimate of drug-likeness (QED) is 0.593. The Hall–Kier alpha value is -2.43. The van der Waals surface area contributed by atoms with Gasteiger partial charge in [-0.2, -0.15) is 0 Å². The molecule has 1 amide bonds. The molecule has 0 saturated heterocycles. The second-order valence-corrected chi connectivity index (χ2v) is 9.01. The number of hydrogen-bond acceptors (Lipinski definition) is 4. The van der Waals surface area contributed by atoms with Gasteiger partial charge >= 0.3 is 5.97 Å². The maximum absolute atomic E-state index is 13.1. The molecule has 1 N–H and O–H groups in total. The van der Waals surface area contributed by atoms with Crippen LogP contribution in [0.1, 0.15) is 74.0 Å². The highest BCUT2D eigenvalue weighted by atomic mass is 16.5. The largest absolute Gasteiger partial charge is 0.452 e. The first-order valence-electron chi connectivity index (χ1n) is 11.4. The molecule has 5 nitrogen and oxygen atoms in total. The number of para-hydroxylation sites is 1. The Morgan fingerprint density at radius 1 is 1.07 bits per heavy atom. The summed E-state index contributed by atoms with van der Waals surface area (Å²) in [6, 6.07) is 7.89. The van der Waals surface area contributed by atoms with Crippen molar-refractivity contribution in [1.82, 2.24) is 10.3 Å². The van der Waals surface area contributed by atoms with Crippen molar-refractivity contribution in [3.8, 4) is 0 Å². The Labute approximate surface area is 178 Å². The zero-order valence-corrected chi connectivity index (χ0v) is 18.1. The lowest BCUT2D eigenvalue weighted by Gasteiger charge is -2.34. The number of amides is 1. The SMILES string of the molecule is C[C@@H]1[C@H](C)CCC[C@H]1NC(=O)COC(=O)c1c2c(nc3ccccc13)CCCCC2. The molecule has 1 fully saturated rings. The van der Waals surface area contributed by atoms with Gasteiger partial charge in [0.1, 0.15) is 0 Å². The first kappa shape index (κ1) is 20.8. The van der Waals surface area contributed by atoms with E-state index in [0.29, 0.717) is 17.4 Å². The normalized spacial score (nSPS) is 24.0. The van der Waals surface area contributed by atoms with Gasteiger partial charge in [-0.1, -0.05) is 51.3 Å². The van der Waals surface area contributed by atoms with E-state index in [1.165, 1.54) is 6.42 Å². The molecule has 0 bridgehead atoms. The lowest BCUT2D eigenvalue weighted by molar-refractivity contribution is -0.125. The summed E-state index contributed by atoms with van der Waals surface area (Å²) in [4.78, 5) is 30.5. The zero-order valence-electron chi connectivity index (χ0n) is 18.1. The Balaban J connectivity index is 1.50. The molecule has 2 aliphatic carbocycles. The van der Waals surface area contributed by atoms with E-state index in [1.807, 2.05) is 24.3 Å². The number of nitrogens with zero attached hydrogens (tertiary/aromatic N) is 1. The summed E-state index contributed by atoms with van der Waals surface area (Å²) >= 11 is 0. The number of carbonyl (C=O) groups is 2. The van der Waals surface area contributed by atoms with Crippen LogP contribution in [0.3, 0.4) is 0 Å². The molecule has 2 aliphatic rings. The van der Waals surface area contributed by atoms with Crippen molar-refractivity contribution in [3.05, 3.63) is 41.1 Å². The van der Waals surface area contributed by atoms with Gasteiger partial charge in [-0.05, 0) is 55.6 Å². The average Bonchev–Trinajstić information content (AvgIpc) is 2.98. The lowest BCUT2D eigenvalue weighted by Crippen LogP contribution is -2.45. The van der Waals surface area contributed by atoms with Crippen molar-refractivity contribution in [1.29, 1.82) is 0 Å². The third-order valence-corrected chi connectivity index (χ3v) is 7.01. The van der Waals surface area contributed by atoms with Gasteiger partial charge in [-0.25, -0.2) is 4.79 Å². The molecule has 1 heterocycles. The maximum atomic E-state index is 13.1. The fourth-order valence-corrected chi connectivity index (χ4v) is 5.02. The Bertz CT molecular complexity index is 939. The summed E-state index contributed by atoms with van der Waals surface area (Å²) in [5.74, 6) is 0.425. The van der Waals surface area contributed by atoms with Gasteiger partial charge in [-0.3, -0.25) is 9.78 Å². The fourth-order valence-electron chi connectivity index (χ4n) is 5.02. The summed E-state index contributed by atoms with van der Waals surface area (Å²) in [6.07, 6.45) is 8.34. The van der Waals surface area contributed by atoms with E-state index in [-0.39, 0.29) is 18.6 Å². The highest BCUT2D eigenvalue weighted by Gasteiger charge is 2.29. The standard InChI is InChI=1S/C25H32N2O3/c1-16-9-8-14-20(17(16)2)27-23(28)15-30-25(29)24-18-10-4-3-5-12-21(18)26-22-13-7-6-11-19(22)24/h6-7,11,13,16-17,20H,3-5,8-10,12,14-15H2,1-2H3,(H,27,28)/t16-,17-,20-/m1/s1. The summed E-state index contributed by atoms with van der Waals surface area (Å²) in [7, 11) is 0. The Kier molecular flexibility index (Phi) is 6.35. The summed E-state index contributed by atoms with van der Waals surface area (Å²) in [6.45, 7) is 4.20. The van der Waals surface area contributed by atoms with Crippen molar-refractivity contribution in [2.45, 2.75) is 71.3 Å². The minimum absolute atomic E-state index is 0.165. The van der Waals surface area contributed by atoms with E-state index in [4.69, 9.17) is 9.72 Å². The second kappa shape index (κ2) is 9.15. The van der Waals surface area contributed by atoms with Gasteiger partial charge in [0.2, 0.25) is 0 Å². The monoisotopic (exact) mass is 408 g/mol. The minimum atomic E-state index is -0.410. The molecule has 0 radical (unpaired) electrons. The first-order chi connectivity index (χ1) is 14.5. The van der Waals surface area contributed by atoms with Crippen molar-refractivity contribution in [2.24, 2.45) is 11.8 Å². The van der Waals surface area contributed by atoms with Crippen LogP contribution in [0.2, 0.25) is 0 Å². The molecule has 4 rings (SSSR count). The van der Waals surface area contributed by atoms with Crippen LogP contribution < -0.4 is 5.32 Å². The minimum Gasteiger partial charge on any atom is -0.452 e.